The predicted molar refractivity (Wildman–Crippen MR) is 54.7 cm³/mol. The first-order valence-corrected chi connectivity index (χ1v) is 5.45. The van der Waals surface area contributed by atoms with Crippen LogP contribution < -0.4 is 5.73 Å². The van der Waals surface area contributed by atoms with E-state index in [1.807, 2.05) is 0 Å². The summed E-state index contributed by atoms with van der Waals surface area (Å²) in [6.07, 6.45) is 4.14. The van der Waals surface area contributed by atoms with Crippen molar-refractivity contribution in [3.8, 4) is 0 Å². The molecule has 0 radical (unpaired) electrons. The molecule has 1 atom stereocenters. The van der Waals surface area contributed by atoms with Gasteiger partial charge in [-0.3, -0.25) is 4.90 Å². The number of rotatable bonds is 2. The van der Waals surface area contributed by atoms with E-state index in [9.17, 15) is 0 Å². The Hall–Kier alpha value is -0.120. The number of hydrogen-bond donors (Lipinski definition) is 1. The highest BCUT2D eigenvalue weighted by atomic mass is 15.3. The number of hydrogen-bond acceptors (Lipinski definition) is 3. The summed E-state index contributed by atoms with van der Waals surface area (Å²) in [5.41, 5.74) is 5.78. The summed E-state index contributed by atoms with van der Waals surface area (Å²) in [4.78, 5) is 5.06. The molecule has 0 aromatic carbocycles. The van der Waals surface area contributed by atoms with Gasteiger partial charge >= 0.3 is 0 Å². The van der Waals surface area contributed by atoms with Crippen molar-refractivity contribution in [1.82, 2.24) is 9.80 Å². The molecule has 3 heteroatoms. The lowest BCUT2D eigenvalue weighted by Gasteiger charge is -2.27. The highest BCUT2D eigenvalue weighted by Crippen LogP contribution is 2.28. The van der Waals surface area contributed by atoms with Crippen LogP contribution in [0.1, 0.15) is 19.3 Å². The first-order valence-electron chi connectivity index (χ1n) is 5.45. The molecular weight excluding hydrogens is 162 g/mol. The van der Waals surface area contributed by atoms with Gasteiger partial charge < -0.3 is 10.6 Å². The van der Waals surface area contributed by atoms with Gasteiger partial charge in [0, 0.05) is 25.2 Å². The molecule has 2 aliphatic rings. The van der Waals surface area contributed by atoms with Gasteiger partial charge in [0.05, 0.1) is 0 Å². The van der Waals surface area contributed by atoms with Crippen LogP contribution in [-0.2, 0) is 0 Å². The van der Waals surface area contributed by atoms with E-state index in [0.29, 0.717) is 6.04 Å². The number of nitrogens with two attached hydrogens (primary N) is 1. The summed E-state index contributed by atoms with van der Waals surface area (Å²) >= 11 is 0. The third-order valence-corrected chi connectivity index (χ3v) is 3.36. The molecule has 0 amide bonds. The molecule has 0 aromatic rings. The van der Waals surface area contributed by atoms with E-state index in [4.69, 9.17) is 5.73 Å². The van der Waals surface area contributed by atoms with Crippen LogP contribution in [-0.4, -0.2) is 55.1 Å². The van der Waals surface area contributed by atoms with Crippen molar-refractivity contribution in [2.45, 2.75) is 31.3 Å². The molecule has 0 spiro atoms. The first-order chi connectivity index (χ1) is 6.31. The highest BCUT2D eigenvalue weighted by Gasteiger charge is 2.32. The van der Waals surface area contributed by atoms with E-state index in [-0.39, 0.29) is 0 Å². The van der Waals surface area contributed by atoms with Crippen molar-refractivity contribution in [2.75, 3.05) is 33.2 Å². The number of nitrogens with zero attached hydrogens (tertiary/aromatic N) is 2. The fourth-order valence-electron chi connectivity index (χ4n) is 2.23. The standard InChI is InChI=1S/C10H21N3/c1-12-5-2-6-13(9-3-4-9)8-10(12)7-11/h9-10H,2-8,11H2,1H3. The molecule has 0 bridgehead atoms. The normalized spacial score (nSPS) is 33.2. The second-order valence-corrected chi connectivity index (χ2v) is 4.45. The highest BCUT2D eigenvalue weighted by molar-refractivity contribution is 4.89. The minimum atomic E-state index is 0.586. The van der Waals surface area contributed by atoms with Gasteiger partial charge in [-0.25, -0.2) is 0 Å². The van der Waals surface area contributed by atoms with E-state index in [1.54, 1.807) is 0 Å². The second-order valence-electron chi connectivity index (χ2n) is 4.45. The van der Waals surface area contributed by atoms with E-state index >= 15 is 0 Å². The zero-order valence-corrected chi connectivity index (χ0v) is 8.58. The molecule has 1 saturated carbocycles. The summed E-state index contributed by atoms with van der Waals surface area (Å²) in [5.74, 6) is 0. The lowest BCUT2D eigenvalue weighted by atomic mass is 10.2. The molecule has 1 saturated heterocycles. The lowest BCUT2D eigenvalue weighted by Crippen LogP contribution is -2.44. The van der Waals surface area contributed by atoms with Crippen molar-refractivity contribution in [3.63, 3.8) is 0 Å². The second kappa shape index (κ2) is 3.95. The van der Waals surface area contributed by atoms with E-state index in [1.165, 1.54) is 38.9 Å². The summed E-state index contributed by atoms with van der Waals surface area (Å²) in [6, 6.07) is 1.49. The predicted octanol–water partition coefficient (Wildman–Crippen LogP) is 0.114. The summed E-state index contributed by atoms with van der Waals surface area (Å²) in [6.45, 7) is 4.49. The van der Waals surface area contributed by atoms with Crippen LogP contribution in [0.25, 0.3) is 0 Å². The minimum absolute atomic E-state index is 0.586. The third-order valence-electron chi connectivity index (χ3n) is 3.36. The Morgan fingerprint density at radius 2 is 2.08 bits per heavy atom. The van der Waals surface area contributed by atoms with Crippen molar-refractivity contribution in [1.29, 1.82) is 0 Å². The van der Waals surface area contributed by atoms with Crippen LogP contribution >= 0.6 is 0 Å². The fourth-order valence-corrected chi connectivity index (χ4v) is 2.23. The average Bonchev–Trinajstić information content (AvgIpc) is 2.90. The molecular formula is C10H21N3. The Morgan fingerprint density at radius 1 is 1.31 bits per heavy atom. The Balaban J connectivity index is 1.92. The fraction of sp³-hybridized carbons (Fsp3) is 1.00. The topological polar surface area (TPSA) is 32.5 Å². The molecule has 0 aromatic heterocycles. The van der Waals surface area contributed by atoms with Gasteiger partial charge in [0.25, 0.3) is 0 Å². The average molecular weight is 183 g/mol. The molecule has 13 heavy (non-hydrogen) atoms. The monoisotopic (exact) mass is 183 g/mol. The Kier molecular flexibility index (Phi) is 2.86. The van der Waals surface area contributed by atoms with Gasteiger partial charge in [-0.2, -0.15) is 0 Å². The van der Waals surface area contributed by atoms with Crippen molar-refractivity contribution < 1.29 is 0 Å². The van der Waals surface area contributed by atoms with Gasteiger partial charge in [0.2, 0.25) is 0 Å². The summed E-state index contributed by atoms with van der Waals surface area (Å²) in [5, 5.41) is 0. The van der Waals surface area contributed by atoms with Crippen LogP contribution in [0.15, 0.2) is 0 Å². The molecule has 76 valence electrons. The van der Waals surface area contributed by atoms with E-state index in [2.05, 4.69) is 16.8 Å². The zero-order valence-electron chi connectivity index (χ0n) is 8.58. The summed E-state index contributed by atoms with van der Waals surface area (Å²) in [7, 11) is 2.20. The Labute approximate surface area is 80.9 Å². The maximum Gasteiger partial charge on any atom is 0.0342 e. The molecule has 1 heterocycles. The van der Waals surface area contributed by atoms with Crippen molar-refractivity contribution in [3.05, 3.63) is 0 Å². The van der Waals surface area contributed by atoms with Crippen molar-refractivity contribution in [2.24, 2.45) is 5.73 Å². The quantitative estimate of drug-likeness (QED) is 0.660. The molecule has 1 aliphatic heterocycles. The largest absolute Gasteiger partial charge is 0.329 e. The van der Waals surface area contributed by atoms with Crippen LogP contribution in [0.5, 0.6) is 0 Å². The first kappa shape index (κ1) is 9.44. The molecule has 1 unspecified atom stereocenters. The molecule has 2 fully saturated rings. The third kappa shape index (κ3) is 2.22. The SMILES string of the molecule is CN1CCCN(C2CC2)CC1CN. The van der Waals surface area contributed by atoms with Gasteiger partial charge in [-0.05, 0) is 39.4 Å². The van der Waals surface area contributed by atoms with Gasteiger partial charge in [-0.15, -0.1) is 0 Å². The smallest absolute Gasteiger partial charge is 0.0342 e. The van der Waals surface area contributed by atoms with Crippen LogP contribution in [0, 0.1) is 0 Å². The van der Waals surface area contributed by atoms with Crippen molar-refractivity contribution >= 4 is 0 Å². The zero-order chi connectivity index (χ0) is 9.26. The van der Waals surface area contributed by atoms with Gasteiger partial charge in [0.1, 0.15) is 0 Å². The van der Waals surface area contributed by atoms with Gasteiger partial charge in [-0.1, -0.05) is 0 Å². The Morgan fingerprint density at radius 3 is 2.69 bits per heavy atom. The van der Waals surface area contributed by atoms with E-state index < -0.39 is 0 Å². The molecule has 1 aliphatic carbocycles. The minimum Gasteiger partial charge on any atom is -0.329 e. The van der Waals surface area contributed by atoms with Crippen LogP contribution in [0.4, 0.5) is 0 Å². The maximum absolute atomic E-state index is 5.78. The van der Waals surface area contributed by atoms with Crippen LogP contribution in [0.3, 0.4) is 0 Å². The number of likely N-dealkylation sites (N-methyl/N-ethyl adjacent to an activating group) is 1. The van der Waals surface area contributed by atoms with Gasteiger partial charge in [0.15, 0.2) is 0 Å². The summed E-state index contributed by atoms with van der Waals surface area (Å²) < 4.78 is 0. The van der Waals surface area contributed by atoms with Crippen LogP contribution in [0.2, 0.25) is 0 Å². The molecule has 2 N–H and O–H groups in total. The van der Waals surface area contributed by atoms with E-state index in [0.717, 1.165) is 12.6 Å². The Bertz CT molecular complexity index is 168. The maximum atomic E-state index is 5.78. The lowest BCUT2D eigenvalue weighted by molar-refractivity contribution is 0.206. The molecule has 2 rings (SSSR count). The molecule has 3 nitrogen and oxygen atoms in total.